The van der Waals surface area contributed by atoms with E-state index in [2.05, 4.69) is 25.3 Å². The van der Waals surface area contributed by atoms with Crippen LogP contribution in [-0.4, -0.2) is 50.9 Å². The smallest absolute Gasteiger partial charge is 0.394 e. The summed E-state index contributed by atoms with van der Waals surface area (Å²) in [5.74, 6) is 0.288. The Morgan fingerprint density at radius 1 is 1.27 bits per heavy atom. The minimum Gasteiger partial charge on any atom is -0.394 e. The molecule has 0 bridgehead atoms. The molecule has 1 saturated heterocycles. The second kappa shape index (κ2) is 8.19. The van der Waals surface area contributed by atoms with Crippen LogP contribution in [0.15, 0.2) is 24.5 Å². The van der Waals surface area contributed by atoms with Crippen molar-refractivity contribution in [1.29, 1.82) is 0 Å². The predicted octanol–water partition coefficient (Wildman–Crippen LogP) is 3.73. The number of rotatable bonds is 5. The Hall–Kier alpha value is -2.72. The number of nitrogens with one attached hydrogen (secondary N) is 2. The number of aromatic amines is 1. The lowest BCUT2D eigenvalue weighted by Gasteiger charge is -2.21. The quantitative estimate of drug-likeness (QED) is 0.581. The van der Waals surface area contributed by atoms with Gasteiger partial charge in [0.15, 0.2) is 0 Å². The molecule has 0 spiro atoms. The molecule has 10 heteroatoms. The monoisotopic (exact) mass is 421 g/mol. The molecule has 1 unspecified atom stereocenters. The van der Waals surface area contributed by atoms with Crippen molar-refractivity contribution in [3.8, 4) is 11.3 Å². The van der Waals surface area contributed by atoms with Crippen LogP contribution < -0.4 is 5.32 Å². The average molecular weight is 421 g/mol. The molecular formula is C20H22F3N5O2. The fourth-order valence-electron chi connectivity index (χ4n) is 3.57. The summed E-state index contributed by atoms with van der Waals surface area (Å²) in [6, 6.07) is 3.24. The first-order valence-corrected chi connectivity index (χ1v) is 9.74. The van der Waals surface area contributed by atoms with Gasteiger partial charge in [0.1, 0.15) is 11.2 Å². The molecule has 4 heterocycles. The van der Waals surface area contributed by atoms with E-state index in [1.54, 1.807) is 13.0 Å². The van der Waals surface area contributed by atoms with E-state index in [4.69, 9.17) is 4.74 Å². The summed E-state index contributed by atoms with van der Waals surface area (Å²) in [4.78, 5) is 15.5. The molecule has 0 radical (unpaired) electrons. The Bertz CT molecular complexity index is 1030. The first-order valence-electron chi connectivity index (χ1n) is 9.74. The van der Waals surface area contributed by atoms with Gasteiger partial charge in [0.25, 0.3) is 0 Å². The number of pyridine rings is 1. The Kier molecular flexibility index (Phi) is 5.61. The molecule has 0 aromatic carbocycles. The third kappa shape index (κ3) is 4.10. The van der Waals surface area contributed by atoms with E-state index < -0.39 is 17.8 Å². The van der Waals surface area contributed by atoms with Crippen molar-refractivity contribution in [2.75, 3.05) is 25.1 Å². The number of aromatic nitrogens is 4. The van der Waals surface area contributed by atoms with Gasteiger partial charge in [-0.1, -0.05) is 0 Å². The van der Waals surface area contributed by atoms with Gasteiger partial charge in [0.2, 0.25) is 5.95 Å². The number of H-pyrrole nitrogens is 1. The van der Waals surface area contributed by atoms with Gasteiger partial charge in [-0.25, -0.2) is 15.0 Å². The molecule has 0 aliphatic carbocycles. The molecule has 160 valence electrons. The standard InChI is InChI=1S/C20H22F3N5O2/c1-11(10-29)26-19-25-9-15(20(21,22)23)17(28-19)14-8-24-18-13(14)2-3-16(27-18)12-4-6-30-7-5-12/h2-3,8-9,11-12,29H,4-7,10H2,1H3,(H,24,27)(H,25,26,28). The highest BCUT2D eigenvalue weighted by Gasteiger charge is 2.36. The van der Waals surface area contributed by atoms with Gasteiger partial charge >= 0.3 is 6.18 Å². The molecule has 4 rings (SSSR count). The number of anilines is 1. The van der Waals surface area contributed by atoms with Crippen LogP contribution in [-0.2, 0) is 10.9 Å². The maximum absolute atomic E-state index is 13.6. The normalized spacial score (nSPS) is 16.7. The van der Waals surface area contributed by atoms with E-state index >= 15 is 0 Å². The Morgan fingerprint density at radius 3 is 2.73 bits per heavy atom. The van der Waals surface area contributed by atoms with Crippen molar-refractivity contribution < 1.29 is 23.0 Å². The Labute approximate surface area is 170 Å². The molecule has 3 aromatic heterocycles. The number of nitrogens with zero attached hydrogens (tertiary/aromatic N) is 3. The second-order valence-corrected chi connectivity index (χ2v) is 7.40. The van der Waals surface area contributed by atoms with Gasteiger partial charge in [-0.2, -0.15) is 13.2 Å². The summed E-state index contributed by atoms with van der Waals surface area (Å²) in [7, 11) is 0. The van der Waals surface area contributed by atoms with Crippen molar-refractivity contribution in [3.05, 3.63) is 35.8 Å². The highest BCUT2D eigenvalue weighted by Crippen LogP contribution is 2.39. The maximum atomic E-state index is 13.6. The van der Waals surface area contributed by atoms with E-state index in [-0.39, 0.29) is 24.2 Å². The van der Waals surface area contributed by atoms with Gasteiger partial charge in [-0.05, 0) is 31.9 Å². The number of fused-ring (bicyclic) bond motifs is 1. The minimum atomic E-state index is -4.62. The largest absolute Gasteiger partial charge is 0.419 e. The fourth-order valence-corrected chi connectivity index (χ4v) is 3.57. The minimum absolute atomic E-state index is 0.0145. The fraction of sp³-hybridized carbons (Fsp3) is 0.450. The Balaban J connectivity index is 1.77. The van der Waals surface area contributed by atoms with Crippen molar-refractivity contribution in [3.63, 3.8) is 0 Å². The van der Waals surface area contributed by atoms with Crippen LogP contribution in [0.2, 0.25) is 0 Å². The molecular weight excluding hydrogens is 399 g/mol. The summed E-state index contributed by atoms with van der Waals surface area (Å²) in [6.45, 7) is 2.83. The molecule has 1 aliphatic heterocycles. The van der Waals surface area contributed by atoms with Crippen LogP contribution in [0.3, 0.4) is 0 Å². The third-order valence-corrected chi connectivity index (χ3v) is 5.20. The highest BCUT2D eigenvalue weighted by atomic mass is 19.4. The number of halogens is 3. The number of alkyl halides is 3. The average Bonchev–Trinajstić information content (AvgIpc) is 3.16. The molecule has 1 atom stereocenters. The van der Waals surface area contributed by atoms with Crippen molar-refractivity contribution in [2.45, 2.75) is 37.9 Å². The van der Waals surface area contributed by atoms with Crippen LogP contribution in [0, 0.1) is 0 Å². The van der Waals surface area contributed by atoms with Gasteiger partial charge in [0, 0.05) is 54.2 Å². The van der Waals surface area contributed by atoms with E-state index in [9.17, 15) is 18.3 Å². The van der Waals surface area contributed by atoms with E-state index in [0.29, 0.717) is 29.8 Å². The predicted molar refractivity (Wildman–Crippen MR) is 105 cm³/mol. The lowest BCUT2D eigenvalue weighted by atomic mass is 9.95. The van der Waals surface area contributed by atoms with E-state index in [0.717, 1.165) is 24.7 Å². The summed E-state index contributed by atoms with van der Waals surface area (Å²) >= 11 is 0. The molecule has 30 heavy (non-hydrogen) atoms. The second-order valence-electron chi connectivity index (χ2n) is 7.40. The Morgan fingerprint density at radius 2 is 2.03 bits per heavy atom. The number of aliphatic hydroxyl groups is 1. The van der Waals surface area contributed by atoms with Crippen molar-refractivity contribution in [2.24, 2.45) is 0 Å². The molecule has 1 fully saturated rings. The van der Waals surface area contributed by atoms with Crippen LogP contribution in [0.1, 0.15) is 36.9 Å². The maximum Gasteiger partial charge on any atom is 0.419 e. The summed E-state index contributed by atoms with van der Waals surface area (Å²) in [5.41, 5.74) is 0.539. The molecule has 1 aliphatic rings. The van der Waals surface area contributed by atoms with Gasteiger partial charge in [-0.15, -0.1) is 0 Å². The number of hydrogen-bond donors (Lipinski definition) is 3. The number of ether oxygens (including phenoxy) is 1. The SMILES string of the molecule is CC(CO)Nc1ncc(C(F)(F)F)c(-c2c[nH]c3nc(C4CCOCC4)ccc23)n1. The van der Waals surface area contributed by atoms with Crippen LogP contribution in [0.5, 0.6) is 0 Å². The zero-order chi connectivity index (χ0) is 21.3. The van der Waals surface area contributed by atoms with Crippen LogP contribution in [0.4, 0.5) is 19.1 Å². The first-order chi connectivity index (χ1) is 14.4. The van der Waals surface area contributed by atoms with E-state index in [1.807, 2.05) is 6.07 Å². The third-order valence-electron chi connectivity index (χ3n) is 5.20. The van der Waals surface area contributed by atoms with Gasteiger partial charge in [-0.3, -0.25) is 0 Å². The van der Waals surface area contributed by atoms with Gasteiger partial charge < -0.3 is 20.1 Å². The lowest BCUT2D eigenvalue weighted by Crippen LogP contribution is -2.21. The lowest BCUT2D eigenvalue weighted by molar-refractivity contribution is -0.137. The van der Waals surface area contributed by atoms with E-state index in [1.165, 1.54) is 6.20 Å². The zero-order valence-electron chi connectivity index (χ0n) is 16.3. The molecule has 0 saturated carbocycles. The molecule has 3 N–H and O–H groups in total. The zero-order valence-corrected chi connectivity index (χ0v) is 16.3. The first kappa shape index (κ1) is 20.5. The van der Waals surface area contributed by atoms with Crippen molar-refractivity contribution in [1.82, 2.24) is 19.9 Å². The van der Waals surface area contributed by atoms with Crippen LogP contribution in [0.25, 0.3) is 22.3 Å². The molecule has 0 amide bonds. The number of aliphatic hydroxyl groups excluding tert-OH is 1. The summed E-state index contributed by atoms with van der Waals surface area (Å²) < 4.78 is 46.3. The number of hydrogen-bond acceptors (Lipinski definition) is 6. The molecule has 7 nitrogen and oxygen atoms in total. The highest BCUT2D eigenvalue weighted by molar-refractivity contribution is 5.93. The summed E-state index contributed by atoms with van der Waals surface area (Å²) in [5, 5.41) is 12.5. The topological polar surface area (TPSA) is 96.0 Å². The van der Waals surface area contributed by atoms with Gasteiger partial charge in [0.05, 0.1) is 12.3 Å². The molecule has 3 aromatic rings. The van der Waals surface area contributed by atoms with Crippen molar-refractivity contribution >= 4 is 17.0 Å². The summed E-state index contributed by atoms with van der Waals surface area (Å²) in [6.07, 6.45) is -0.627. The van der Waals surface area contributed by atoms with Crippen LogP contribution >= 0.6 is 0 Å².